The molecule has 1 aliphatic rings. The minimum atomic E-state index is -0.785. The molecule has 5 heteroatoms. The van der Waals surface area contributed by atoms with Gasteiger partial charge in [0, 0.05) is 17.0 Å². The molecule has 0 radical (unpaired) electrons. The Balaban J connectivity index is 1.80. The second-order valence-electron chi connectivity index (χ2n) is 6.03. The van der Waals surface area contributed by atoms with Gasteiger partial charge in [-0.1, -0.05) is 18.2 Å². The van der Waals surface area contributed by atoms with Crippen molar-refractivity contribution < 1.29 is 19.1 Å². The van der Waals surface area contributed by atoms with E-state index >= 15 is 0 Å². The number of carboxylic acid groups (broad SMARTS) is 1. The Morgan fingerprint density at radius 2 is 2.05 bits per heavy atom. The van der Waals surface area contributed by atoms with Crippen molar-refractivity contribution in [1.29, 1.82) is 0 Å². The molecule has 0 aliphatic heterocycles. The Morgan fingerprint density at radius 3 is 2.68 bits per heavy atom. The van der Waals surface area contributed by atoms with Crippen molar-refractivity contribution in [2.75, 3.05) is 0 Å². The first-order valence-electron chi connectivity index (χ1n) is 7.49. The highest BCUT2D eigenvalue weighted by molar-refractivity contribution is 5.99. The van der Waals surface area contributed by atoms with E-state index in [1.54, 1.807) is 0 Å². The normalized spacial score (nSPS) is 21.2. The number of carbonyl (C=O) groups is 2. The van der Waals surface area contributed by atoms with E-state index in [1.807, 2.05) is 32.0 Å². The number of furan rings is 1. The highest BCUT2D eigenvalue weighted by atomic mass is 16.4. The van der Waals surface area contributed by atoms with Crippen LogP contribution in [0.2, 0.25) is 0 Å². The van der Waals surface area contributed by atoms with E-state index in [2.05, 4.69) is 5.32 Å². The molecule has 0 saturated heterocycles. The van der Waals surface area contributed by atoms with Gasteiger partial charge in [0.15, 0.2) is 5.76 Å². The molecule has 1 heterocycles. The summed E-state index contributed by atoms with van der Waals surface area (Å²) >= 11 is 0. The van der Waals surface area contributed by atoms with Crippen LogP contribution in [0, 0.1) is 19.8 Å². The van der Waals surface area contributed by atoms with Gasteiger partial charge >= 0.3 is 5.97 Å². The first kappa shape index (κ1) is 14.6. The quantitative estimate of drug-likeness (QED) is 0.913. The summed E-state index contributed by atoms with van der Waals surface area (Å²) in [5, 5.41) is 12.9. The Hall–Kier alpha value is -2.30. The van der Waals surface area contributed by atoms with Gasteiger partial charge in [-0.15, -0.1) is 0 Å². The zero-order valence-corrected chi connectivity index (χ0v) is 12.7. The van der Waals surface area contributed by atoms with Gasteiger partial charge < -0.3 is 14.8 Å². The molecular weight excluding hydrogens is 282 g/mol. The van der Waals surface area contributed by atoms with Crippen molar-refractivity contribution in [3.63, 3.8) is 0 Å². The van der Waals surface area contributed by atoms with Crippen molar-refractivity contribution in [2.45, 2.75) is 39.2 Å². The maximum absolute atomic E-state index is 12.4. The number of aryl methyl sites for hydroxylation is 2. The Kier molecular flexibility index (Phi) is 3.64. The molecule has 22 heavy (non-hydrogen) atoms. The van der Waals surface area contributed by atoms with Crippen LogP contribution in [0.1, 0.15) is 40.9 Å². The molecule has 2 aromatic rings. The van der Waals surface area contributed by atoms with E-state index in [1.165, 1.54) is 0 Å². The van der Waals surface area contributed by atoms with Crippen LogP contribution in [-0.2, 0) is 4.79 Å². The maximum atomic E-state index is 12.4. The van der Waals surface area contributed by atoms with Gasteiger partial charge in [0.05, 0.1) is 5.92 Å². The van der Waals surface area contributed by atoms with Crippen LogP contribution in [0.3, 0.4) is 0 Å². The summed E-state index contributed by atoms with van der Waals surface area (Å²) in [5.74, 6) is -1.08. The molecule has 1 fully saturated rings. The zero-order valence-electron chi connectivity index (χ0n) is 12.7. The van der Waals surface area contributed by atoms with E-state index in [0.717, 1.165) is 22.1 Å². The third-order valence-corrected chi connectivity index (χ3v) is 4.48. The Bertz CT molecular complexity index is 746. The Morgan fingerprint density at radius 1 is 1.27 bits per heavy atom. The number of carbonyl (C=O) groups excluding carboxylic acids is 1. The van der Waals surface area contributed by atoms with E-state index in [-0.39, 0.29) is 17.9 Å². The number of aliphatic carboxylic acids is 1. The number of rotatable bonds is 3. The molecule has 2 N–H and O–H groups in total. The summed E-state index contributed by atoms with van der Waals surface area (Å²) in [6.07, 6.45) is 1.79. The molecule has 1 aliphatic carbocycles. The predicted molar refractivity (Wildman–Crippen MR) is 81.9 cm³/mol. The fourth-order valence-corrected chi connectivity index (χ4v) is 3.19. The average molecular weight is 301 g/mol. The lowest BCUT2D eigenvalue weighted by Gasteiger charge is -2.11. The molecule has 5 nitrogen and oxygen atoms in total. The molecule has 1 saturated carbocycles. The van der Waals surface area contributed by atoms with Crippen LogP contribution in [0.25, 0.3) is 11.0 Å². The molecule has 3 rings (SSSR count). The fraction of sp³-hybridized carbons (Fsp3) is 0.412. The van der Waals surface area contributed by atoms with Crippen molar-refractivity contribution in [3.05, 3.63) is 35.1 Å². The van der Waals surface area contributed by atoms with Crippen molar-refractivity contribution >= 4 is 22.8 Å². The summed E-state index contributed by atoms with van der Waals surface area (Å²) in [7, 11) is 0. The summed E-state index contributed by atoms with van der Waals surface area (Å²) in [6, 6.07) is 5.73. The molecule has 0 bridgehead atoms. The molecule has 0 unspecified atom stereocenters. The summed E-state index contributed by atoms with van der Waals surface area (Å²) < 4.78 is 5.75. The van der Waals surface area contributed by atoms with Crippen LogP contribution < -0.4 is 5.32 Å². The zero-order chi connectivity index (χ0) is 15.9. The minimum Gasteiger partial charge on any atom is -0.481 e. The monoisotopic (exact) mass is 301 g/mol. The van der Waals surface area contributed by atoms with Gasteiger partial charge in [0.25, 0.3) is 5.91 Å². The third-order valence-electron chi connectivity index (χ3n) is 4.48. The standard InChI is InChI=1S/C17H19NO4/c1-9-4-3-5-13-10(2)15(22-14(9)13)16(19)18-12-7-6-11(8-12)17(20)21/h3-5,11-12H,6-8H2,1-2H3,(H,18,19)(H,20,21)/t11-,12+/m1/s1. The van der Waals surface area contributed by atoms with E-state index in [4.69, 9.17) is 9.52 Å². The first-order valence-corrected chi connectivity index (χ1v) is 7.49. The van der Waals surface area contributed by atoms with Gasteiger partial charge in [-0.3, -0.25) is 9.59 Å². The summed E-state index contributed by atoms with van der Waals surface area (Å²) in [4.78, 5) is 23.4. The fourth-order valence-electron chi connectivity index (χ4n) is 3.19. The predicted octanol–water partition coefficient (Wildman–Crippen LogP) is 3.03. The number of para-hydroxylation sites is 1. The number of hydrogen-bond acceptors (Lipinski definition) is 3. The van der Waals surface area contributed by atoms with Crippen LogP contribution in [0.15, 0.2) is 22.6 Å². The van der Waals surface area contributed by atoms with Gasteiger partial charge in [-0.05, 0) is 38.7 Å². The second-order valence-corrected chi connectivity index (χ2v) is 6.03. The Labute approximate surface area is 128 Å². The molecule has 1 aromatic carbocycles. The lowest BCUT2D eigenvalue weighted by atomic mass is 10.1. The minimum absolute atomic E-state index is 0.0951. The SMILES string of the molecule is Cc1c(C(=O)N[C@H]2CC[C@@H](C(=O)O)C2)oc2c(C)cccc12. The average Bonchev–Trinajstić information content (AvgIpc) is 3.05. The largest absolute Gasteiger partial charge is 0.481 e. The number of benzene rings is 1. The molecule has 2 atom stereocenters. The lowest BCUT2D eigenvalue weighted by Crippen LogP contribution is -2.33. The van der Waals surface area contributed by atoms with E-state index < -0.39 is 5.97 Å². The number of fused-ring (bicyclic) bond motifs is 1. The van der Waals surface area contributed by atoms with Crippen LogP contribution >= 0.6 is 0 Å². The number of carboxylic acids is 1. The van der Waals surface area contributed by atoms with Crippen LogP contribution in [-0.4, -0.2) is 23.0 Å². The number of nitrogens with one attached hydrogen (secondary N) is 1. The van der Waals surface area contributed by atoms with Crippen LogP contribution in [0.4, 0.5) is 0 Å². The van der Waals surface area contributed by atoms with Gasteiger partial charge in [0.1, 0.15) is 5.58 Å². The van der Waals surface area contributed by atoms with E-state index in [9.17, 15) is 9.59 Å². The molecule has 0 spiro atoms. The van der Waals surface area contributed by atoms with E-state index in [0.29, 0.717) is 25.0 Å². The third kappa shape index (κ3) is 2.47. The molecular formula is C17H19NO4. The van der Waals surface area contributed by atoms with Gasteiger partial charge in [0.2, 0.25) is 0 Å². The topological polar surface area (TPSA) is 79.5 Å². The number of amides is 1. The molecule has 1 amide bonds. The van der Waals surface area contributed by atoms with Crippen molar-refractivity contribution in [2.24, 2.45) is 5.92 Å². The lowest BCUT2D eigenvalue weighted by molar-refractivity contribution is -0.141. The van der Waals surface area contributed by atoms with Crippen LogP contribution in [0.5, 0.6) is 0 Å². The maximum Gasteiger partial charge on any atom is 0.306 e. The highest BCUT2D eigenvalue weighted by Crippen LogP contribution is 2.29. The second kappa shape index (κ2) is 5.48. The van der Waals surface area contributed by atoms with Crippen molar-refractivity contribution in [3.8, 4) is 0 Å². The van der Waals surface area contributed by atoms with Crippen molar-refractivity contribution in [1.82, 2.24) is 5.32 Å². The van der Waals surface area contributed by atoms with Gasteiger partial charge in [-0.2, -0.15) is 0 Å². The summed E-state index contributed by atoms with van der Waals surface area (Å²) in [5.41, 5.74) is 2.55. The number of hydrogen-bond donors (Lipinski definition) is 2. The first-order chi connectivity index (χ1) is 10.5. The van der Waals surface area contributed by atoms with Gasteiger partial charge in [-0.25, -0.2) is 0 Å². The molecule has 1 aromatic heterocycles. The molecule has 116 valence electrons. The smallest absolute Gasteiger partial charge is 0.306 e. The summed E-state index contributed by atoms with van der Waals surface area (Å²) in [6.45, 7) is 3.82. The highest BCUT2D eigenvalue weighted by Gasteiger charge is 2.31.